The van der Waals surface area contributed by atoms with Crippen LogP contribution in [0, 0.1) is 0 Å². The first-order valence-corrected chi connectivity index (χ1v) is 14.3. The third kappa shape index (κ3) is 9.95. The number of halogens is 3. The standard InChI is InChI=1S/C30H36F3N3O5S/c1-4-41-16-7-14-36(29(38)34-24-9-5-8-23(19-24)30(31,32)33)21-28(37)35(20-25-10-6-17-42-25)15-13-22-11-12-26(39-2)27(18-22)40-3/h5-6,8-12,17-19H,4,7,13-16,20-21H2,1-3H3,(H,34,38). The molecular weight excluding hydrogens is 571 g/mol. The fourth-order valence-corrected chi connectivity index (χ4v) is 4.90. The van der Waals surface area contributed by atoms with E-state index in [0.29, 0.717) is 50.6 Å². The Labute approximate surface area is 248 Å². The highest BCUT2D eigenvalue weighted by Crippen LogP contribution is 2.31. The summed E-state index contributed by atoms with van der Waals surface area (Å²) in [6.45, 7) is 3.37. The number of anilines is 1. The first-order chi connectivity index (χ1) is 20.1. The van der Waals surface area contributed by atoms with Gasteiger partial charge >= 0.3 is 12.2 Å². The van der Waals surface area contributed by atoms with Crippen molar-refractivity contribution in [3.05, 3.63) is 76.0 Å². The molecule has 3 amide bonds. The molecular formula is C30H36F3N3O5S. The highest BCUT2D eigenvalue weighted by molar-refractivity contribution is 7.09. The van der Waals surface area contributed by atoms with Crippen LogP contribution in [0.2, 0.25) is 0 Å². The number of nitrogens with one attached hydrogen (secondary N) is 1. The molecule has 228 valence electrons. The van der Waals surface area contributed by atoms with E-state index in [4.69, 9.17) is 14.2 Å². The molecule has 0 bridgehead atoms. The number of methoxy groups -OCH3 is 2. The molecule has 1 aromatic heterocycles. The zero-order valence-electron chi connectivity index (χ0n) is 23.9. The van der Waals surface area contributed by atoms with E-state index >= 15 is 0 Å². The van der Waals surface area contributed by atoms with Gasteiger partial charge in [-0.2, -0.15) is 13.2 Å². The van der Waals surface area contributed by atoms with Gasteiger partial charge in [-0.1, -0.05) is 18.2 Å². The molecule has 0 aliphatic carbocycles. The van der Waals surface area contributed by atoms with Gasteiger partial charge in [0.05, 0.1) is 26.3 Å². The van der Waals surface area contributed by atoms with Gasteiger partial charge in [0.25, 0.3) is 0 Å². The van der Waals surface area contributed by atoms with Crippen LogP contribution in [0.3, 0.4) is 0 Å². The molecule has 3 rings (SSSR count). The van der Waals surface area contributed by atoms with Gasteiger partial charge in [0.15, 0.2) is 11.5 Å². The predicted octanol–water partition coefficient (Wildman–Crippen LogP) is 6.32. The van der Waals surface area contributed by atoms with E-state index in [0.717, 1.165) is 22.6 Å². The van der Waals surface area contributed by atoms with Crippen molar-refractivity contribution in [2.45, 2.75) is 32.5 Å². The third-order valence-electron chi connectivity index (χ3n) is 6.37. The van der Waals surface area contributed by atoms with Crippen LogP contribution in [-0.4, -0.2) is 68.8 Å². The number of ether oxygens (including phenoxy) is 3. The molecule has 1 N–H and O–H groups in total. The molecule has 3 aromatic rings. The van der Waals surface area contributed by atoms with Gasteiger partial charge in [-0.15, -0.1) is 11.3 Å². The molecule has 0 radical (unpaired) electrons. The van der Waals surface area contributed by atoms with E-state index in [1.165, 1.54) is 28.4 Å². The average molecular weight is 608 g/mol. The van der Waals surface area contributed by atoms with Crippen molar-refractivity contribution in [3.63, 3.8) is 0 Å². The minimum absolute atomic E-state index is 0.0130. The molecule has 0 aliphatic heterocycles. The molecule has 0 fully saturated rings. The van der Waals surface area contributed by atoms with Gasteiger partial charge in [0.1, 0.15) is 6.54 Å². The Bertz CT molecular complexity index is 1290. The van der Waals surface area contributed by atoms with Gasteiger partial charge in [-0.3, -0.25) is 4.79 Å². The van der Waals surface area contributed by atoms with Gasteiger partial charge in [0.2, 0.25) is 5.91 Å². The lowest BCUT2D eigenvalue weighted by Crippen LogP contribution is -2.45. The summed E-state index contributed by atoms with van der Waals surface area (Å²) in [5.41, 5.74) is 0.0463. The van der Waals surface area contributed by atoms with Crippen molar-refractivity contribution in [1.82, 2.24) is 9.80 Å². The van der Waals surface area contributed by atoms with Crippen LogP contribution >= 0.6 is 11.3 Å². The number of carbonyl (C=O) groups is 2. The van der Waals surface area contributed by atoms with Crippen molar-refractivity contribution < 1.29 is 37.0 Å². The Morgan fingerprint density at radius 2 is 1.74 bits per heavy atom. The minimum Gasteiger partial charge on any atom is -0.493 e. The van der Waals surface area contributed by atoms with E-state index in [2.05, 4.69) is 5.32 Å². The Morgan fingerprint density at radius 3 is 2.40 bits per heavy atom. The number of amides is 3. The van der Waals surface area contributed by atoms with Crippen LogP contribution in [0.25, 0.3) is 0 Å². The Hall–Kier alpha value is -3.77. The monoisotopic (exact) mass is 607 g/mol. The fraction of sp³-hybridized carbons (Fsp3) is 0.400. The van der Waals surface area contributed by atoms with Crippen LogP contribution in [-0.2, 0) is 28.7 Å². The number of nitrogens with zero attached hydrogens (tertiary/aromatic N) is 2. The van der Waals surface area contributed by atoms with Crippen LogP contribution in [0.5, 0.6) is 11.5 Å². The summed E-state index contributed by atoms with van der Waals surface area (Å²) in [7, 11) is 3.11. The molecule has 0 saturated carbocycles. The molecule has 0 atom stereocenters. The molecule has 8 nitrogen and oxygen atoms in total. The van der Waals surface area contributed by atoms with Crippen LogP contribution < -0.4 is 14.8 Å². The summed E-state index contributed by atoms with van der Waals surface area (Å²) in [6, 6.07) is 13.1. The molecule has 0 spiro atoms. The van der Waals surface area contributed by atoms with Gasteiger partial charge in [-0.05, 0) is 67.1 Å². The lowest BCUT2D eigenvalue weighted by molar-refractivity contribution is -0.137. The fourth-order valence-electron chi connectivity index (χ4n) is 4.18. The second kappa shape index (κ2) is 16.0. The van der Waals surface area contributed by atoms with Crippen molar-refractivity contribution >= 4 is 29.0 Å². The summed E-state index contributed by atoms with van der Waals surface area (Å²) in [6.07, 6.45) is -3.57. The SMILES string of the molecule is CCOCCCN(CC(=O)N(CCc1ccc(OC)c(OC)c1)Cc1cccs1)C(=O)Nc1cccc(C(F)(F)F)c1. The number of urea groups is 1. The van der Waals surface area contributed by atoms with Gasteiger partial charge in [0, 0.05) is 36.9 Å². The van der Waals surface area contributed by atoms with Crippen molar-refractivity contribution in [2.24, 2.45) is 0 Å². The Balaban J connectivity index is 1.76. The maximum absolute atomic E-state index is 13.6. The Kier molecular flexibility index (Phi) is 12.5. The quantitative estimate of drug-likeness (QED) is 0.205. The third-order valence-corrected chi connectivity index (χ3v) is 7.23. The summed E-state index contributed by atoms with van der Waals surface area (Å²) in [4.78, 5) is 30.8. The summed E-state index contributed by atoms with van der Waals surface area (Å²) < 4.78 is 55.7. The summed E-state index contributed by atoms with van der Waals surface area (Å²) in [5.74, 6) is 0.889. The highest BCUT2D eigenvalue weighted by atomic mass is 32.1. The molecule has 0 unspecified atom stereocenters. The molecule has 0 aliphatic rings. The molecule has 12 heteroatoms. The first-order valence-electron chi connectivity index (χ1n) is 13.5. The lowest BCUT2D eigenvalue weighted by Gasteiger charge is -2.28. The normalized spacial score (nSPS) is 11.2. The second-order valence-corrected chi connectivity index (χ2v) is 10.3. The van der Waals surface area contributed by atoms with Crippen LogP contribution in [0.1, 0.15) is 29.3 Å². The smallest absolute Gasteiger partial charge is 0.416 e. The van der Waals surface area contributed by atoms with E-state index in [9.17, 15) is 22.8 Å². The average Bonchev–Trinajstić information content (AvgIpc) is 3.49. The lowest BCUT2D eigenvalue weighted by atomic mass is 10.1. The number of benzene rings is 2. The van der Waals surface area contributed by atoms with Crippen LogP contribution in [0.15, 0.2) is 60.0 Å². The maximum Gasteiger partial charge on any atom is 0.416 e. The predicted molar refractivity (Wildman–Crippen MR) is 156 cm³/mol. The van der Waals surface area contributed by atoms with E-state index in [1.54, 1.807) is 25.2 Å². The highest BCUT2D eigenvalue weighted by Gasteiger charge is 2.31. The van der Waals surface area contributed by atoms with E-state index < -0.39 is 17.8 Å². The van der Waals surface area contributed by atoms with Gasteiger partial charge in [-0.25, -0.2) is 4.79 Å². The number of hydrogen-bond donors (Lipinski definition) is 1. The maximum atomic E-state index is 13.6. The number of rotatable bonds is 15. The molecule has 2 aromatic carbocycles. The number of alkyl halides is 3. The number of carbonyl (C=O) groups excluding carboxylic acids is 2. The van der Waals surface area contributed by atoms with Crippen molar-refractivity contribution in [3.8, 4) is 11.5 Å². The van der Waals surface area contributed by atoms with Crippen molar-refractivity contribution in [1.29, 1.82) is 0 Å². The second-order valence-electron chi connectivity index (χ2n) is 9.31. The first kappa shape index (κ1) is 32.7. The van der Waals surface area contributed by atoms with Crippen LogP contribution in [0.4, 0.5) is 23.7 Å². The largest absolute Gasteiger partial charge is 0.493 e. The van der Waals surface area contributed by atoms with Gasteiger partial charge < -0.3 is 29.3 Å². The Morgan fingerprint density at radius 1 is 0.952 bits per heavy atom. The number of hydrogen-bond acceptors (Lipinski definition) is 6. The number of thiophene rings is 1. The molecule has 1 heterocycles. The molecule has 42 heavy (non-hydrogen) atoms. The summed E-state index contributed by atoms with van der Waals surface area (Å²) >= 11 is 1.52. The minimum atomic E-state index is -4.55. The zero-order chi connectivity index (χ0) is 30.5. The van der Waals surface area contributed by atoms with Crippen molar-refractivity contribution in [2.75, 3.05) is 52.4 Å². The van der Waals surface area contributed by atoms with E-state index in [1.807, 2.05) is 36.6 Å². The van der Waals surface area contributed by atoms with E-state index in [-0.39, 0.29) is 24.7 Å². The topological polar surface area (TPSA) is 80.3 Å². The zero-order valence-corrected chi connectivity index (χ0v) is 24.7. The molecule has 0 saturated heterocycles. The summed E-state index contributed by atoms with van der Waals surface area (Å²) in [5, 5.41) is 4.44.